The SMILES string of the molecule is c1ccc(-c2cc(-c3ccccc3)c3c(c2)-c2cccc(-c4ccc(-c5cc6c7c(c5)Oc5cccc8c5B7c5c(cccc5O6)O8)cc4)c2C3)cc1. The lowest BCUT2D eigenvalue weighted by molar-refractivity contribution is 0.443. The third-order valence-electron chi connectivity index (χ3n) is 11.5. The fourth-order valence-corrected chi connectivity index (χ4v) is 9.08. The molecule has 3 aliphatic heterocycles. The van der Waals surface area contributed by atoms with Crippen molar-refractivity contribution in [1.29, 1.82) is 0 Å². The third kappa shape index (κ3) is 4.24. The van der Waals surface area contributed by atoms with Crippen LogP contribution in [0.2, 0.25) is 0 Å². The van der Waals surface area contributed by atoms with Crippen LogP contribution in [-0.4, -0.2) is 6.71 Å². The number of fused-ring (bicyclic) bond motifs is 3. The average molecular weight is 677 g/mol. The summed E-state index contributed by atoms with van der Waals surface area (Å²) in [5.41, 5.74) is 18.3. The largest absolute Gasteiger partial charge is 0.458 e. The molecule has 0 spiro atoms. The van der Waals surface area contributed by atoms with Gasteiger partial charge >= 0.3 is 0 Å². The Morgan fingerprint density at radius 1 is 0.302 bits per heavy atom. The van der Waals surface area contributed by atoms with Crippen molar-refractivity contribution in [3.63, 3.8) is 0 Å². The van der Waals surface area contributed by atoms with Gasteiger partial charge in [0.1, 0.15) is 34.5 Å². The van der Waals surface area contributed by atoms with E-state index in [0.717, 1.165) is 68.4 Å². The molecule has 0 saturated carbocycles. The van der Waals surface area contributed by atoms with Crippen LogP contribution >= 0.6 is 0 Å². The Bertz CT molecular complexity index is 2750. The van der Waals surface area contributed by atoms with Crippen molar-refractivity contribution in [2.75, 3.05) is 0 Å². The van der Waals surface area contributed by atoms with E-state index in [-0.39, 0.29) is 6.71 Å². The molecule has 0 saturated heterocycles. The Hall–Kier alpha value is -6.78. The minimum atomic E-state index is 0.0144. The lowest BCUT2D eigenvalue weighted by atomic mass is 9.34. The quantitative estimate of drug-likeness (QED) is 0.174. The highest BCUT2D eigenvalue weighted by atomic mass is 16.5. The zero-order valence-corrected chi connectivity index (χ0v) is 28.6. The van der Waals surface area contributed by atoms with Gasteiger partial charge in [0, 0.05) is 16.4 Å². The summed E-state index contributed by atoms with van der Waals surface area (Å²) in [7, 11) is 0. The summed E-state index contributed by atoms with van der Waals surface area (Å²) in [4.78, 5) is 0. The van der Waals surface area contributed by atoms with E-state index in [2.05, 4.69) is 127 Å². The van der Waals surface area contributed by atoms with Gasteiger partial charge in [-0.25, -0.2) is 0 Å². The number of hydrogen-bond acceptors (Lipinski definition) is 3. The third-order valence-corrected chi connectivity index (χ3v) is 11.5. The molecule has 0 fully saturated rings. The fourth-order valence-electron chi connectivity index (χ4n) is 9.08. The van der Waals surface area contributed by atoms with E-state index in [0.29, 0.717) is 0 Å². The van der Waals surface area contributed by atoms with Gasteiger partial charge in [0.15, 0.2) is 0 Å². The van der Waals surface area contributed by atoms with Crippen molar-refractivity contribution in [3.8, 4) is 90.1 Å². The molecule has 1 aliphatic carbocycles. The van der Waals surface area contributed by atoms with Gasteiger partial charge in [0.05, 0.1) is 0 Å². The maximum atomic E-state index is 6.60. The van der Waals surface area contributed by atoms with E-state index in [1.165, 1.54) is 55.6 Å². The Balaban J connectivity index is 0.938. The first kappa shape index (κ1) is 28.9. The molecule has 4 heteroatoms. The van der Waals surface area contributed by atoms with Gasteiger partial charge in [-0.15, -0.1) is 0 Å². The molecular weight excluding hydrogens is 647 g/mol. The molecule has 0 unspecified atom stereocenters. The van der Waals surface area contributed by atoms with Crippen LogP contribution in [0.5, 0.6) is 34.5 Å². The van der Waals surface area contributed by atoms with Crippen molar-refractivity contribution < 1.29 is 14.2 Å². The Morgan fingerprint density at radius 3 is 1.38 bits per heavy atom. The van der Waals surface area contributed by atoms with E-state index in [1.807, 2.05) is 36.4 Å². The van der Waals surface area contributed by atoms with Gasteiger partial charge in [0.25, 0.3) is 6.71 Å². The lowest BCUT2D eigenvalue weighted by Crippen LogP contribution is -2.59. The molecule has 0 atom stereocenters. The summed E-state index contributed by atoms with van der Waals surface area (Å²) >= 11 is 0. The fraction of sp³-hybridized carbons (Fsp3) is 0.0204. The zero-order valence-electron chi connectivity index (χ0n) is 28.6. The van der Waals surface area contributed by atoms with Crippen LogP contribution in [0.4, 0.5) is 0 Å². The van der Waals surface area contributed by atoms with Crippen molar-refractivity contribution in [2.24, 2.45) is 0 Å². The molecule has 0 aromatic heterocycles. The molecule has 8 aromatic carbocycles. The summed E-state index contributed by atoms with van der Waals surface area (Å²) in [5, 5.41) is 0. The molecule has 0 radical (unpaired) electrons. The van der Waals surface area contributed by atoms with E-state index < -0.39 is 0 Å². The van der Waals surface area contributed by atoms with Crippen LogP contribution in [0.25, 0.3) is 55.6 Å². The molecule has 3 heterocycles. The van der Waals surface area contributed by atoms with Crippen LogP contribution < -0.4 is 30.6 Å². The highest BCUT2D eigenvalue weighted by Gasteiger charge is 2.46. The summed E-state index contributed by atoms with van der Waals surface area (Å²) in [6.07, 6.45) is 0.892. The molecule has 12 rings (SSSR count). The highest BCUT2D eigenvalue weighted by Crippen LogP contribution is 2.48. The molecule has 0 bridgehead atoms. The lowest BCUT2D eigenvalue weighted by Gasteiger charge is -2.37. The second-order valence-electron chi connectivity index (χ2n) is 14.3. The first-order chi connectivity index (χ1) is 26.2. The molecule has 0 amide bonds. The minimum absolute atomic E-state index is 0.0144. The Labute approximate surface area is 307 Å². The number of benzene rings is 8. The first-order valence-electron chi connectivity index (χ1n) is 18.2. The molecule has 8 aromatic rings. The van der Waals surface area contributed by atoms with Gasteiger partial charge < -0.3 is 14.2 Å². The zero-order chi connectivity index (χ0) is 34.6. The standard InChI is InChI=1S/C49H29BO3/c1-3-10-29(11-4-1)33-24-37(31-12-5-2-6-13-31)40-28-39-35(14-7-15-36(39)38(40)25-33)32-22-20-30(21-23-32)34-26-45-49-46(27-34)53-44-19-9-17-42-48(44)50(49)47-41(51-42)16-8-18-43(47)52-45/h1-27H,28H2. The monoisotopic (exact) mass is 676 g/mol. The number of ether oxygens (including phenoxy) is 3. The maximum absolute atomic E-state index is 6.60. The van der Waals surface area contributed by atoms with E-state index in [9.17, 15) is 0 Å². The predicted octanol–water partition coefficient (Wildman–Crippen LogP) is 10.8. The molecule has 4 aliphatic rings. The second kappa shape index (κ2) is 10.9. The molecule has 53 heavy (non-hydrogen) atoms. The summed E-state index contributed by atoms with van der Waals surface area (Å²) in [6.45, 7) is 0.0144. The normalized spacial score (nSPS) is 13.2. The number of hydrogen-bond donors (Lipinski definition) is 0. The average Bonchev–Trinajstić information content (AvgIpc) is 3.60. The topological polar surface area (TPSA) is 27.7 Å². The van der Waals surface area contributed by atoms with E-state index >= 15 is 0 Å². The second-order valence-corrected chi connectivity index (χ2v) is 14.3. The molecule has 246 valence electrons. The van der Waals surface area contributed by atoms with Crippen molar-refractivity contribution >= 4 is 23.1 Å². The van der Waals surface area contributed by atoms with E-state index in [4.69, 9.17) is 14.2 Å². The molecular formula is C49H29BO3. The van der Waals surface area contributed by atoms with Crippen LogP contribution in [0.3, 0.4) is 0 Å². The molecule has 0 N–H and O–H groups in total. The van der Waals surface area contributed by atoms with Gasteiger partial charge in [0.2, 0.25) is 0 Å². The summed E-state index contributed by atoms with van der Waals surface area (Å²) < 4.78 is 19.5. The van der Waals surface area contributed by atoms with Gasteiger partial charge in [-0.1, -0.05) is 115 Å². The van der Waals surface area contributed by atoms with Gasteiger partial charge in [-0.05, 0) is 122 Å². The molecule has 3 nitrogen and oxygen atoms in total. The van der Waals surface area contributed by atoms with Crippen molar-refractivity contribution in [1.82, 2.24) is 0 Å². The van der Waals surface area contributed by atoms with Crippen LogP contribution in [-0.2, 0) is 6.42 Å². The van der Waals surface area contributed by atoms with Crippen molar-refractivity contribution in [3.05, 3.63) is 175 Å². The number of rotatable bonds is 4. The van der Waals surface area contributed by atoms with Crippen LogP contribution in [0, 0.1) is 0 Å². The van der Waals surface area contributed by atoms with Gasteiger partial charge in [-0.2, -0.15) is 0 Å². The predicted molar refractivity (Wildman–Crippen MR) is 214 cm³/mol. The summed E-state index contributed by atoms with van der Waals surface area (Å²) in [5.74, 6) is 5.04. The smallest absolute Gasteiger partial charge is 0.270 e. The van der Waals surface area contributed by atoms with E-state index in [1.54, 1.807) is 0 Å². The Kier molecular flexibility index (Phi) is 5.92. The minimum Gasteiger partial charge on any atom is -0.458 e. The summed E-state index contributed by atoms with van der Waals surface area (Å²) in [6, 6.07) is 58.5. The van der Waals surface area contributed by atoms with Gasteiger partial charge in [-0.3, -0.25) is 0 Å². The van der Waals surface area contributed by atoms with Crippen molar-refractivity contribution in [2.45, 2.75) is 6.42 Å². The highest BCUT2D eigenvalue weighted by molar-refractivity contribution is 6.99. The maximum Gasteiger partial charge on any atom is 0.270 e. The first-order valence-corrected chi connectivity index (χ1v) is 18.2. The van der Waals surface area contributed by atoms with Crippen LogP contribution in [0.1, 0.15) is 11.1 Å². The van der Waals surface area contributed by atoms with Crippen LogP contribution in [0.15, 0.2) is 164 Å². The Morgan fingerprint density at radius 2 is 0.736 bits per heavy atom.